The van der Waals surface area contributed by atoms with Crippen LogP contribution in [-0.4, -0.2) is 42.3 Å². The largest absolute Gasteiger partial charge is 0.378 e. The Hall–Kier alpha value is -0.900. The fraction of sp³-hybridized carbons (Fsp3) is 0.667. The number of ether oxygens (including phenoxy) is 1. The third kappa shape index (κ3) is 3.31. The van der Waals surface area contributed by atoms with Gasteiger partial charge in [0.05, 0.1) is 6.10 Å². The highest BCUT2D eigenvalue weighted by Gasteiger charge is 2.42. The van der Waals surface area contributed by atoms with Gasteiger partial charge in [-0.25, -0.2) is 0 Å². The summed E-state index contributed by atoms with van der Waals surface area (Å²) < 4.78 is 5.75. The van der Waals surface area contributed by atoms with E-state index in [0.29, 0.717) is 18.2 Å². The van der Waals surface area contributed by atoms with E-state index in [1.54, 1.807) is 0 Å². The molecule has 1 unspecified atom stereocenters. The monoisotopic (exact) mass is 288 g/mol. The summed E-state index contributed by atoms with van der Waals surface area (Å²) in [6.07, 6.45) is 2.86. The molecule has 1 saturated carbocycles. The van der Waals surface area contributed by atoms with Crippen molar-refractivity contribution in [2.75, 3.05) is 19.7 Å². The second-order valence-corrected chi connectivity index (χ2v) is 7.07. The van der Waals surface area contributed by atoms with Crippen LogP contribution in [-0.2, 0) is 4.74 Å². The van der Waals surface area contributed by atoms with Crippen LogP contribution in [0.2, 0.25) is 0 Å². The van der Waals surface area contributed by atoms with E-state index in [0.717, 1.165) is 19.7 Å². The Morgan fingerprint density at radius 1 is 1.24 bits per heavy atom. The van der Waals surface area contributed by atoms with E-state index in [4.69, 9.17) is 4.74 Å². The van der Waals surface area contributed by atoms with Crippen LogP contribution in [0.3, 0.4) is 0 Å². The molecule has 116 valence electrons. The van der Waals surface area contributed by atoms with Gasteiger partial charge in [0, 0.05) is 37.3 Å². The molecule has 0 spiro atoms. The molecule has 0 aromatic heterocycles. The van der Waals surface area contributed by atoms with E-state index in [1.807, 2.05) is 0 Å². The number of hydrogen-bond acceptors (Lipinski definition) is 3. The molecule has 2 fully saturated rings. The normalized spacial score (nSPS) is 32.6. The van der Waals surface area contributed by atoms with Crippen LogP contribution in [0.5, 0.6) is 0 Å². The molecule has 0 bridgehead atoms. The number of piperazine rings is 1. The lowest BCUT2D eigenvalue weighted by molar-refractivity contribution is -0.0732. The molecular formula is C18H28N2O. The van der Waals surface area contributed by atoms with Crippen molar-refractivity contribution in [1.29, 1.82) is 0 Å². The van der Waals surface area contributed by atoms with Crippen LogP contribution in [0.25, 0.3) is 0 Å². The second kappa shape index (κ2) is 6.07. The maximum absolute atomic E-state index is 5.75. The summed E-state index contributed by atoms with van der Waals surface area (Å²) in [4.78, 5) is 2.71. The number of rotatable bonds is 4. The van der Waals surface area contributed by atoms with Gasteiger partial charge >= 0.3 is 0 Å². The minimum absolute atomic E-state index is 0.196. The summed E-state index contributed by atoms with van der Waals surface area (Å²) >= 11 is 0. The van der Waals surface area contributed by atoms with Crippen molar-refractivity contribution >= 4 is 0 Å². The van der Waals surface area contributed by atoms with Crippen molar-refractivity contribution in [2.45, 2.75) is 57.3 Å². The SMILES string of the molecule is CCOC1CC(N2CC(C)(C)NCC2c2ccccc2)C1. The average Bonchev–Trinajstić information content (AvgIpc) is 2.42. The molecule has 0 radical (unpaired) electrons. The molecule has 1 aliphatic heterocycles. The van der Waals surface area contributed by atoms with E-state index in [9.17, 15) is 0 Å². The van der Waals surface area contributed by atoms with Crippen LogP contribution in [0, 0.1) is 0 Å². The van der Waals surface area contributed by atoms with Crippen molar-refractivity contribution in [3.8, 4) is 0 Å². The summed E-state index contributed by atoms with van der Waals surface area (Å²) in [6.45, 7) is 9.68. The van der Waals surface area contributed by atoms with Gasteiger partial charge < -0.3 is 10.1 Å². The fourth-order valence-corrected chi connectivity index (χ4v) is 3.66. The fourth-order valence-electron chi connectivity index (χ4n) is 3.66. The van der Waals surface area contributed by atoms with Gasteiger partial charge in [-0.05, 0) is 39.2 Å². The van der Waals surface area contributed by atoms with Crippen LogP contribution in [0.15, 0.2) is 30.3 Å². The molecule has 0 amide bonds. The van der Waals surface area contributed by atoms with Crippen LogP contribution < -0.4 is 5.32 Å². The Morgan fingerprint density at radius 2 is 1.95 bits per heavy atom. The van der Waals surface area contributed by atoms with Crippen LogP contribution in [0.1, 0.15) is 45.2 Å². The van der Waals surface area contributed by atoms with Gasteiger partial charge in [-0.1, -0.05) is 30.3 Å². The smallest absolute Gasteiger partial charge is 0.0604 e. The zero-order valence-corrected chi connectivity index (χ0v) is 13.5. The first-order valence-electron chi connectivity index (χ1n) is 8.26. The van der Waals surface area contributed by atoms with Gasteiger partial charge in [-0.3, -0.25) is 4.90 Å². The van der Waals surface area contributed by atoms with Gasteiger partial charge in [0.2, 0.25) is 0 Å². The molecular weight excluding hydrogens is 260 g/mol. The summed E-state index contributed by atoms with van der Waals surface area (Å²) in [5.41, 5.74) is 1.63. The van der Waals surface area contributed by atoms with E-state index in [2.05, 4.69) is 61.3 Å². The highest BCUT2D eigenvalue weighted by atomic mass is 16.5. The van der Waals surface area contributed by atoms with E-state index >= 15 is 0 Å². The van der Waals surface area contributed by atoms with E-state index < -0.39 is 0 Å². The topological polar surface area (TPSA) is 24.5 Å². The lowest BCUT2D eigenvalue weighted by Crippen LogP contribution is -2.63. The van der Waals surface area contributed by atoms with Crippen molar-refractivity contribution in [1.82, 2.24) is 10.2 Å². The van der Waals surface area contributed by atoms with E-state index in [1.165, 1.54) is 18.4 Å². The quantitative estimate of drug-likeness (QED) is 0.922. The molecule has 1 aliphatic carbocycles. The number of benzene rings is 1. The first-order valence-corrected chi connectivity index (χ1v) is 8.26. The van der Waals surface area contributed by atoms with Gasteiger partial charge in [0.25, 0.3) is 0 Å². The van der Waals surface area contributed by atoms with Crippen molar-refractivity contribution in [2.24, 2.45) is 0 Å². The van der Waals surface area contributed by atoms with Crippen LogP contribution in [0.4, 0.5) is 0 Å². The highest BCUT2D eigenvalue weighted by molar-refractivity contribution is 5.21. The van der Waals surface area contributed by atoms with Crippen LogP contribution >= 0.6 is 0 Å². The maximum Gasteiger partial charge on any atom is 0.0604 e. The Bertz CT molecular complexity index is 454. The summed E-state index contributed by atoms with van der Waals surface area (Å²) in [7, 11) is 0. The second-order valence-electron chi connectivity index (χ2n) is 7.07. The molecule has 21 heavy (non-hydrogen) atoms. The third-order valence-corrected chi connectivity index (χ3v) is 4.88. The molecule has 1 N–H and O–H groups in total. The molecule has 3 heteroatoms. The molecule has 3 rings (SSSR count). The number of hydrogen-bond donors (Lipinski definition) is 1. The highest BCUT2D eigenvalue weighted by Crippen LogP contribution is 2.37. The molecule has 1 heterocycles. The average molecular weight is 288 g/mol. The number of nitrogens with one attached hydrogen (secondary N) is 1. The van der Waals surface area contributed by atoms with Gasteiger partial charge in [-0.2, -0.15) is 0 Å². The zero-order chi connectivity index (χ0) is 14.9. The minimum atomic E-state index is 0.196. The van der Waals surface area contributed by atoms with Crippen molar-refractivity contribution in [3.05, 3.63) is 35.9 Å². The summed E-state index contributed by atoms with van der Waals surface area (Å²) in [6, 6.07) is 12.1. The summed E-state index contributed by atoms with van der Waals surface area (Å²) in [5, 5.41) is 3.70. The predicted octanol–water partition coefficient (Wildman–Crippen LogP) is 2.98. The molecule has 1 saturated heterocycles. The number of nitrogens with zero attached hydrogens (tertiary/aromatic N) is 1. The van der Waals surface area contributed by atoms with Gasteiger partial charge in [0.15, 0.2) is 0 Å². The summed E-state index contributed by atoms with van der Waals surface area (Å²) in [5.74, 6) is 0. The lowest BCUT2D eigenvalue weighted by Gasteiger charge is -2.52. The lowest BCUT2D eigenvalue weighted by atomic mass is 9.83. The Kier molecular flexibility index (Phi) is 4.34. The van der Waals surface area contributed by atoms with Crippen molar-refractivity contribution in [3.63, 3.8) is 0 Å². The molecule has 1 atom stereocenters. The third-order valence-electron chi connectivity index (χ3n) is 4.88. The predicted molar refractivity (Wildman–Crippen MR) is 86.4 cm³/mol. The minimum Gasteiger partial charge on any atom is -0.378 e. The molecule has 1 aromatic rings. The van der Waals surface area contributed by atoms with Gasteiger partial charge in [0.1, 0.15) is 0 Å². The Labute approximate surface area is 128 Å². The Morgan fingerprint density at radius 3 is 2.62 bits per heavy atom. The standard InChI is InChI=1S/C18H28N2O/c1-4-21-16-10-15(11-16)20-13-18(2,3)19-12-17(20)14-8-6-5-7-9-14/h5-9,15-17,19H,4,10-13H2,1-3H3. The first-order chi connectivity index (χ1) is 10.1. The van der Waals surface area contributed by atoms with Gasteiger partial charge in [-0.15, -0.1) is 0 Å². The van der Waals surface area contributed by atoms with E-state index in [-0.39, 0.29) is 5.54 Å². The molecule has 3 nitrogen and oxygen atoms in total. The molecule has 1 aromatic carbocycles. The maximum atomic E-state index is 5.75. The zero-order valence-electron chi connectivity index (χ0n) is 13.5. The molecule has 2 aliphatic rings. The Balaban J connectivity index is 1.73. The first kappa shape index (κ1) is 15.0. The van der Waals surface area contributed by atoms with Crippen molar-refractivity contribution < 1.29 is 4.74 Å².